The molecule has 2 aromatic rings. The molecule has 1 aromatic heterocycles. The number of aryl methyl sites for hydroxylation is 1. The first-order chi connectivity index (χ1) is 15.6. The summed E-state index contributed by atoms with van der Waals surface area (Å²) >= 11 is 0. The van der Waals surface area contributed by atoms with E-state index in [0.717, 1.165) is 63.9 Å². The number of amides is 1. The molecule has 9 heteroatoms. The topological polar surface area (TPSA) is 72.2 Å². The van der Waals surface area contributed by atoms with Crippen LogP contribution < -0.4 is 15.1 Å². The molecule has 9 nitrogen and oxygen atoms in total. The van der Waals surface area contributed by atoms with E-state index in [2.05, 4.69) is 55.5 Å². The molecule has 3 heterocycles. The summed E-state index contributed by atoms with van der Waals surface area (Å²) in [7, 11) is 3.64. The molecular weight excluding hydrogens is 404 g/mol. The van der Waals surface area contributed by atoms with Crippen LogP contribution in [0.15, 0.2) is 47.7 Å². The van der Waals surface area contributed by atoms with E-state index in [1.165, 1.54) is 5.69 Å². The molecule has 2 aliphatic heterocycles. The van der Waals surface area contributed by atoms with Gasteiger partial charge in [-0.3, -0.25) is 19.4 Å². The van der Waals surface area contributed by atoms with E-state index < -0.39 is 0 Å². The molecule has 1 N–H and O–H groups in total. The Morgan fingerprint density at radius 2 is 1.84 bits per heavy atom. The summed E-state index contributed by atoms with van der Waals surface area (Å²) in [6.07, 6.45) is 4.66. The summed E-state index contributed by atoms with van der Waals surface area (Å²) in [4.78, 5) is 25.9. The number of para-hydroxylation sites is 1. The number of aliphatic imine (C=N–C) groups is 1. The van der Waals surface area contributed by atoms with Gasteiger partial charge in [-0.2, -0.15) is 5.10 Å². The lowest BCUT2D eigenvalue weighted by atomic mass is 10.2. The van der Waals surface area contributed by atoms with Crippen LogP contribution in [0.3, 0.4) is 0 Å². The van der Waals surface area contributed by atoms with E-state index in [1.54, 1.807) is 22.8 Å². The summed E-state index contributed by atoms with van der Waals surface area (Å²) in [5, 5.41) is 7.62. The normalized spacial score (nSPS) is 18.4. The van der Waals surface area contributed by atoms with Crippen LogP contribution in [0, 0.1) is 0 Å². The van der Waals surface area contributed by atoms with E-state index in [1.807, 2.05) is 18.1 Å². The molecule has 2 aliphatic rings. The van der Waals surface area contributed by atoms with Crippen molar-refractivity contribution in [2.45, 2.75) is 6.42 Å². The number of benzene rings is 1. The van der Waals surface area contributed by atoms with Crippen LogP contribution in [0.2, 0.25) is 0 Å². The predicted molar refractivity (Wildman–Crippen MR) is 128 cm³/mol. The zero-order chi connectivity index (χ0) is 22.3. The zero-order valence-electron chi connectivity index (χ0n) is 19.2. The van der Waals surface area contributed by atoms with Gasteiger partial charge in [0.2, 0.25) is 5.91 Å². The molecule has 172 valence electrons. The first-order valence-corrected chi connectivity index (χ1v) is 11.4. The zero-order valence-corrected chi connectivity index (χ0v) is 19.2. The van der Waals surface area contributed by atoms with Crippen molar-refractivity contribution in [1.82, 2.24) is 24.9 Å². The van der Waals surface area contributed by atoms with Gasteiger partial charge in [0, 0.05) is 71.8 Å². The molecule has 4 rings (SSSR count). The quantitative estimate of drug-likeness (QED) is 0.410. The van der Waals surface area contributed by atoms with Crippen LogP contribution in [0.1, 0.15) is 6.42 Å². The minimum atomic E-state index is 0.0727. The fraction of sp³-hybridized carbons (Fsp3) is 0.522. The van der Waals surface area contributed by atoms with Crippen LogP contribution in [-0.2, 0) is 11.8 Å². The number of nitrogens with one attached hydrogen (secondary N) is 1. The molecule has 2 fully saturated rings. The average Bonchev–Trinajstić information content (AvgIpc) is 3.26. The summed E-state index contributed by atoms with van der Waals surface area (Å²) in [5.74, 6) is 0.876. The van der Waals surface area contributed by atoms with Crippen molar-refractivity contribution in [2.24, 2.45) is 12.0 Å². The second kappa shape index (κ2) is 10.5. The number of guanidine groups is 1. The van der Waals surface area contributed by atoms with Crippen molar-refractivity contribution < 1.29 is 4.79 Å². The molecular formula is C23H34N8O. The minimum Gasteiger partial charge on any atom is -0.369 e. The highest BCUT2D eigenvalue weighted by molar-refractivity contribution is 5.98. The number of anilines is 2. The Labute approximate surface area is 190 Å². The Morgan fingerprint density at radius 1 is 1.06 bits per heavy atom. The largest absolute Gasteiger partial charge is 0.369 e. The monoisotopic (exact) mass is 438 g/mol. The molecule has 0 saturated carbocycles. The van der Waals surface area contributed by atoms with Gasteiger partial charge in [-0.15, -0.1) is 0 Å². The maximum Gasteiger partial charge on any atom is 0.246 e. The van der Waals surface area contributed by atoms with Crippen molar-refractivity contribution in [2.75, 3.05) is 75.8 Å². The third-order valence-electron chi connectivity index (χ3n) is 6.16. The van der Waals surface area contributed by atoms with Gasteiger partial charge in [-0.25, -0.2) is 0 Å². The predicted octanol–water partition coefficient (Wildman–Crippen LogP) is 0.856. The van der Waals surface area contributed by atoms with E-state index in [-0.39, 0.29) is 5.91 Å². The maximum absolute atomic E-state index is 12.7. The Kier molecular flexibility index (Phi) is 7.26. The van der Waals surface area contributed by atoms with Crippen LogP contribution in [0.25, 0.3) is 0 Å². The van der Waals surface area contributed by atoms with Gasteiger partial charge in [0.05, 0.1) is 11.9 Å². The number of carbonyl (C=O) groups excluding carboxylic acids is 1. The molecule has 1 aromatic carbocycles. The molecule has 1 amide bonds. The van der Waals surface area contributed by atoms with Gasteiger partial charge in [-0.05, 0) is 25.1 Å². The van der Waals surface area contributed by atoms with Crippen LogP contribution in [0.5, 0.6) is 0 Å². The molecule has 2 saturated heterocycles. The number of aromatic nitrogens is 2. The van der Waals surface area contributed by atoms with E-state index in [9.17, 15) is 4.79 Å². The van der Waals surface area contributed by atoms with Crippen LogP contribution in [-0.4, -0.2) is 97.4 Å². The molecule has 0 bridgehead atoms. The van der Waals surface area contributed by atoms with Gasteiger partial charge in [0.25, 0.3) is 0 Å². The maximum atomic E-state index is 12.7. The third-order valence-corrected chi connectivity index (χ3v) is 6.16. The van der Waals surface area contributed by atoms with Crippen molar-refractivity contribution >= 4 is 23.2 Å². The number of nitrogens with zero attached hydrogens (tertiary/aromatic N) is 7. The lowest BCUT2D eigenvalue weighted by Crippen LogP contribution is -2.55. The van der Waals surface area contributed by atoms with Crippen molar-refractivity contribution in [3.05, 3.63) is 42.7 Å². The number of piperazine rings is 2. The molecule has 0 spiro atoms. The van der Waals surface area contributed by atoms with E-state index >= 15 is 0 Å². The fourth-order valence-electron chi connectivity index (χ4n) is 4.38. The van der Waals surface area contributed by atoms with Gasteiger partial charge in [0.1, 0.15) is 6.54 Å². The van der Waals surface area contributed by atoms with Crippen molar-refractivity contribution in [3.63, 3.8) is 0 Å². The van der Waals surface area contributed by atoms with Gasteiger partial charge in [-0.1, -0.05) is 18.2 Å². The number of carbonyl (C=O) groups is 1. The fourth-order valence-corrected chi connectivity index (χ4v) is 4.38. The van der Waals surface area contributed by atoms with Crippen molar-refractivity contribution in [1.29, 1.82) is 0 Å². The highest BCUT2D eigenvalue weighted by Gasteiger charge is 2.27. The SMILES string of the molecule is CN=C(NCCCN1CCN(c2ccccc2)CC1)N1CCN(c2cnn(C)c2)C(=O)C1. The van der Waals surface area contributed by atoms with Gasteiger partial charge < -0.3 is 20.0 Å². The highest BCUT2D eigenvalue weighted by atomic mass is 16.2. The van der Waals surface area contributed by atoms with Gasteiger partial charge in [0.15, 0.2) is 5.96 Å². The molecule has 32 heavy (non-hydrogen) atoms. The third kappa shape index (κ3) is 5.40. The Bertz CT molecular complexity index is 904. The summed E-state index contributed by atoms with van der Waals surface area (Å²) < 4.78 is 1.72. The highest BCUT2D eigenvalue weighted by Crippen LogP contribution is 2.17. The number of rotatable bonds is 6. The molecule has 0 aliphatic carbocycles. The average molecular weight is 439 g/mol. The smallest absolute Gasteiger partial charge is 0.246 e. The second-order valence-electron chi connectivity index (χ2n) is 8.33. The molecule has 0 unspecified atom stereocenters. The molecule has 0 atom stereocenters. The first kappa shape index (κ1) is 22.1. The minimum absolute atomic E-state index is 0.0727. The Morgan fingerprint density at radius 3 is 2.50 bits per heavy atom. The Hall–Kier alpha value is -3.07. The first-order valence-electron chi connectivity index (χ1n) is 11.4. The van der Waals surface area contributed by atoms with Crippen LogP contribution >= 0.6 is 0 Å². The lowest BCUT2D eigenvalue weighted by Gasteiger charge is -2.36. The van der Waals surface area contributed by atoms with E-state index in [4.69, 9.17) is 0 Å². The van der Waals surface area contributed by atoms with Crippen LogP contribution in [0.4, 0.5) is 11.4 Å². The van der Waals surface area contributed by atoms with Gasteiger partial charge >= 0.3 is 0 Å². The van der Waals surface area contributed by atoms with E-state index in [0.29, 0.717) is 13.1 Å². The summed E-state index contributed by atoms with van der Waals surface area (Å²) in [5.41, 5.74) is 2.17. The second-order valence-corrected chi connectivity index (χ2v) is 8.33. The number of hydrogen-bond acceptors (Lipinski definition) is 5. The Balaban J connectivity index is 1.16. The summed E-state index contributed by atoms with van der Waals surface area (Å²) in [6.45, 7) is 7.96. The number of hydrogen-bond donors (Lipinski definition) is 1. The van der Waals surface area contributed by atoms with Crippen molar-refractivity contribution in [3.8, 4) is 0 Å². The standard InChI is InChI=1S/C23H34N8O/c1-24-23(30-15-16-31(22(32)19-30)21-17-26-27(2)18-21)25-9-6-10-28-11-13-29(14-12-28)20-7-4-3-5-8-20/h3-5,7-8,17-18H,6,9-16,19H2,1-2H3,(H,24,25). The molecule has 0 radical (unpaired) electrons. The summed E-state index contributed by atoms with van der Waals surface area (Å²) in [6, 6.07) is 10.6. The lowest BCUT2D eigenvalue weighted by molar-refractivity contribution is -0.120.